The first kappa shape index (κ1) is 9.39. The molecule has 0 aromatic heterocycles. The first-order chi connectivity index (χ1) is 4.59. The van der Waals surface area contributed by atoms with E-state index in [1.54, 1.807) is 14.1 Å². The fourth-order valence-electron chi connectivity index (χ4n) is 0.635. The molecule has 1 atom stereocenters. The van der Waals surface area contributed by atoms with Gasteiger partial charge in [0.1, 0.15) is 0 Å². The lowest BCUT2D eigenvalue weighted by molar-refractivity contribution is -0.130. The molecule has 0 aliphatic carbocycles. The Hall–Kier alpha value is -0.610. The van der Waals surface area contributed by atoms with Crippen LogP contribution in [0.1, 0.15) is 6.42 Å². The average Bonchev–Trinajstić information content (AvgIpc) is 1.87. The molecule has 0 fully saturated rings. The SMILES string of the molecule is CN(C)C(=O)[C@H](N)CCN. The van der Waals surface area contributed by atoms with Crippen molar-refractivity contribution in [3.8, 4) is 0 Å². The van der Waals surface area contributed by atoms with Gasteiger partial charge in [0.2, 0.25) is 5.91 Å². The number of amides is 1. The van der Waals surface area contributed by atoms with Gasteiger partial charge in [0.15, 0.2) is 0 Å². The predicted octanol–water partition coefficient (Wildman–Crippen LogP) is -1.25. The van der Waals surface area contributed by atoms with Crippen molar-refractivity contribution in [2.45, 2.75) is 12.5 Å². The van der Waals surface area contributed by atoms with Gasteiger partial charge in [-0.15, -0.1) is 0 Å². The second kappa shape index (κ2) is 4.24. The highest BCUT2D eigenvalue weighted by molar-refractivity contribution is 5.81. The van der Waals surface area contributed by atoms with Crippen LogP contribution in [0.15, 0.2) is 0 Å². The van der Waals surface area contributed by atoms with E-state index in [0.29, 0.717) is 13.0 Å². The molecule has 0 aromatic rings. The lowest BCUT2D eigenvalue weighted by Crippen LogP contribution is -2.40. The summed E-state index contributed by atoms with van der Waals surface area (Å²) < 4.78 is 0. The predicted molar refractivity (Wildman–Crippen MR) is 40.3 cm³/mol. The highest BCUT2D eigenvalue weighted by Gasteiger charge is 2.13. The zero-order valence-electron chi connectivity index (χ0n) is 6.50. The van der Waals surface area contributed by atoms with Crippen molar-refractivity contribution in [3.63, 3.8) is 0 Å². The van der Waals surface area contributed by atoms with Crippen molar-refractivity contribution in [3.05, 3.63) is 0 Å². The Morgan fingerprint density at radius 3 is 2.40 bits per heavy atom. The van der Waals surface area contributed by atoms with E-state index in [2.05, 4.69) is 0 Å². The first-order valence-electron chi connectivity index (χ1n) is 3.26. The molecule has 0 unspecified atom stereocenters. The van der Waals surface area contributed by atoms with Gasteiger partial charge in [0, 0.05) is 14.1 Å². The van der Waals surface area contributed by atoms with Gasteiger partial charge in [-0.05, 0) is 13.0 Å². The van der Waals surface area contributed by atoms with Crippen LogP contribution in [0, 0.1) is 0 Å². The minimum Gasteiger partial charge on any atom is -0.347 e. The summed E-state index contributed by atoms with van der Waals surface area (Å²) in [6, 6.07) is -0.431. The molecule has 0 aliphatic rings. The summed E-state index contributed by atoms with van der Waals surface area (Å²) in [5, 5.41) is 0. The Labute approximate surface area is 61.2 Å². The molecular weight excluding hydrogens is 130 g/mol. The van der Waals surface area contributed by atoms with Crippen LogP contribution >= 0.6 is 0 Å². The Bertz CT molecular complexity index is 114. The van der Waals surface area contributed by atoms with Gasteiger partial charge >= 0.3 is 0 Å². The molecule has 60 valence electrons. The van der Waals surface area contributed by atoms with Crippen LogP contribution in [0.5, 0.6) is 0 Å². The number of likely N-dealkylation sites (N-methyl/N-ethyl adjacent to an activating group) is 1. The number of nitrogens with zero attached hydrogens (tertiary/aromatic N) is 1. The van der Waals surface area contributed by atoms with Crippen LogP contribution < -0.4 is 11.5 Å². The quantitative estimate of drug-likeness (QED) is 0.521. The third-order valence-corrected chi connectivity index (χ3v) is 1.24. The Morgan fingerprint density at radius 1 is 1.60 bits per heavy atom. The van der Waals surface area contributed by atoms with E-state index >= 15 is 0 Å². The minimum absolute atomic E-state index is 0.0644. The molecule has 0 saturated carbocycles. The number of rotatable bonds is 3. The Balaban J connectivity index is 3.71. The maximum absolute atomic E-state index is 11.0. The lowest BCUT2D eigenvalue weighted by atomic mass is 10.2. The maximum Gasteiger partial charge on any atom is 0.239 e. The molecule has 4 nitrogen and oxygen atoms in total. The smallest absolute Gasteiger partial charge is 0.239 e. The van der Waals surface area contributed by atoms with Crippen molar-refractivity contribution >= 4 is 5.91 Å². The van der Waals surface area contributed by atoms with E-state index in [9.17, 15) is 4.79 Å². The highest BCUT2D eigenvalue weighted by Crippen LogP contribution is 1.89. The normalized spacial score (nSPS) is 12.8. The second-order valence-electron chi connectivity index (χ2n) is 2.42. The summed E-state index contributed by atoms with van der Waals surface area (Å²) in [6.07, 6.45) is 0.553. The molecule has 0 spiro atoms. The van der Waals surface area contributed by atoms with Gasteiger partial charge in [0.05, 0.1) is 6.04 Å². The van der Waals surface area contributed by atoms with Gasteiger partial charge < -0.3 is 16.4 Å². The fourth-order valence-corrected chi connectivity index (χ4v) is 0.635. The molecule has 10 heavy (non-hydrogen) atoms. The van der Waals surface area contributed by atoms with Crippen molar-refractivity contribution in [1.29, 1.82) is 0 Å². The van der Waals surface area contributed by atoms with E-state index in [-0.39, 0.29) is 5.91 Å². The third-order valence-electron chi connectivity index (χ3n) is 1.24. The van der Waals surface area contributed by atoms with Gasteiger partial charge in [-0.3, -0.25) is 4.79 Å². The number of hydrogen-bond donors (Lipinski definition) is 2. The number of carbonyl (C=O) groups is 1. The van der Waals surface area contributed by atoms with Gasteiger partial charge in [0.25, 0.3) is 0 Å². The van der Waals surface area contributed by atoms with Gasteiger partial charge in [-0.25, -0.2) is 0 Å². The van der Waals surface area contributed by atoms with Crippen molar-refractivity contribution in [2.75, 3.05) is 20.6 Å². The zero-order chi connectivity index (χ0) is 8.15. The van der Waals surface area contributed by atoms with Crippen LogP contribution in [0.3, 0.4) is 0 Å². The molecule has 0 aliphatic heterocycles. The number of nitrogens with two attached hydrogens (primary N) is 2. The largest absolute Gasteiger partial charge is 0.347 e. The highest BCUT2D eigenvalue weighted by atomic mass is 16.2. The summed E-state index contributed by atoms with van der Waals surface area (Å²) in [4.78, 5) is 12.5. The molecule has 1 amide bonds. The molecule has 0 bridgehead atoms. The molecule has 0 rings (SSSR count). The van der Waals surface area contributed by atoms with Crippen molar-refractivity contribution in [2.24, 2.45) is 11.5 Å². The second-order valence-corrected chi connectivity index (χ2v) is 2.42. The molecular formula is C6H15N3O. The molecule has 0 heterocycles. The standard InChI is InChI=1S/C6H15N3O/c1-9(2)6(10)5(8)3-4-7/h5H,3-4,7-8H2,1-2H3/t5-/m1/s1. The van der Waals surface area contributed by atoms with E-state index < -0.39 is 6.04 Å². The maximum atomic E-state index is 11.0. The van der Waals surface area contributed by atoms with Crippen LogP contribution in [0.2, 0.25) is 0 Å². The summed E-state index contributed by atoms with van der Waals surface area (Å²) in [7, 11) is 3.36. The topological polar surface area (TPSA) is 72.3 Å². The molecule has 4 N–H and O–H groups in total. The van der Waals surface area contributed by atoms with Crippen LogP contribution in [-0.2, 0) is 4.79 Å². The molecule has 0 radical (unpaired) electrons. The Kier molecular flexibility index (Phi) is 3.99. The van der Waals surface area contributed by atoms with Crippen molar-refractivity contribution < 1.29 is 4.79 Å². The van der Waals surface area contributed by atoms with Crippen molar-refractivity contribution in [1.82, 2.24) is 4.90 Å². The summed E-state index contributed by atoms with van der Waals surface area (Å²) in [5.74, 6) is -0.0644. The minimum atomic E-state index is -0.431. The summed E-state index contributed by atoms with van der Waals surface area (Å²) >= 11 is 0. The van der Waals surface area contributed by atoms with E-state index in [1.807, 2.05) is 0 Å². The van der Waals surface area contributed by atoms with Crippen LogP contribution in [0.25, 0.3) is 0 Å². The average molecular weight is 145 g/mol. The molecule has 0 aromatic carbocycles. The fraction of sp³-hybridized carbons (Fsp3) is 0.833. The number of carbonyl (C=O) groups excluding carboxylic acids is 1. The Morgan fingerprint density at radius 2 is 2.10 bits per heavy atom. The van der Waals surface area contributed by atoms with Crippen LogP contribution in [-0.4, -0.2) is 37.5 Å². The van der Waals surface area contributed by atoms with E-state index in [0.717, 1.165) is 0 Å². The van der Waals surface area contributed by atoms with E-state index in [1.165, 1.54) is 4.90 Å². The zero-order valence-corrected chi connectivity index (χ0v) is 6.50. The van der Waals surface area contributed by atoms with Gasteiger partial charge in [-0.2, -0.15) is 0 Å². The lowest BCUT2D eigenvalue weighted by Gasteiger charge is -2.15. The summed E-state index contributed by atoms with van der Waals surface area (Å²) in [6.45, 7) is 0.459. The first-order valence-corrected chi connectivity index (χ1v) is 3.26. The van der Waals surface area contributed by atoms with Crippen LogP contribution in [0.4, 0.5) is 0 Å². The van der Waals surface area contributed by atoms with Gasteiger partial charge in [-0.1, -0.05) is 0 Å². The summed E-state index contributed by atoms with van der Waals surface area (Å²) in [5.41, 5.74) is 10.7. The third kappa shape index (κ3) is 2.80. The number of hydrogen-bond acceptors (Lipinski definition) is 3. The monoisotopic (exact) mass is 145 g/mol. The molecule has 4 heteroatoms. The van der Waals surface area contributed by atoms with E-state index in [4.69, 9.17) is 11.5 Å². The molecule has 0 saturated heterocycles.